The number of aromatic amines is 1. The number of aromatic nitrogens is 2. The van der Waals surface area contributed by atoms with Gasteiger partial charge in [-0.05, 0) is 65.4 Å². The average Bonchev–Trinajstić information content (AvgIpc) is 3.09. The molecule has 0 radical (unpaired) electrons. The van der Waals surface area contributed by atoms with Gasteiger partial charge in [0.15, 0.2) is 11.5 Å². The van der Waals surface area contributed by atoms with Crippen LogP contribution in [-0.4, -0.2) is 16.8 Å². The summed E-state index contributed by atoms with van der Waals surface area (Å²) in [6.07, 6.45) is 0. The molecule has 0 bridgehead atoms. The zero-order chi connectivity index (χ0) is 22.7. The summed E-state index contributed by atoms with van der Waals surface area (Å²) in [5, 5.41) is 0. The maximum atomic E-state index is 11.7. The van der Waals surface area contributed by atoms with Gasteiger partial charge >= 0.3 is 11.4 Å². The van der Waals surface area contributed by atoms with Gasteiger partial charge in [-0.2, -0.15) is 0 Å². The summed E-state index contributed by atoms with van der Waals surface area (Å²) in [4.78, 5) is 24.9. The lowest BCUT2D eigenvalue weighted by Gasteiger charge is -2.14. The Morgan fingerprint density at radius 2 is 1.66 bits per heavy atom. The molecule has 0 saturated carbocycles. The van der Waals surface area contributed by atoms with Crippen molar-refractivity contribution in [1.82, 2.24) is 9.72 Å². The number of benzene rings is 3. The van der Waals surface area contributed by atoms with Crippen molar-refractivity contribution in [2.24, 2.45) is 0 Å². The van der Waals surface area contributed by atoms with Crippen molar-refractivity contribution in [3.63, 3.8) is 0 Å². The van der Waals surface area contributed by atoms with E-state index in [0.717, 1.165) is 21.4 Å². The normalized spacial score (nSPS) is 10.8. The molecule has 0 atom stereocenters. The van der Waals surface area contributed by atoms with E-state index in [4.69, 9.17) is 14.0 Å². The molecule has 32 heavy (non-hydrogen) atoms. The molecule has 7 heteroatoms. The third-order valence-corrected chi connectivity index (χ3v) is 5.27. The lowest BCUT2D eigenvalue weighted by Crippen LogP contribution is -2.17. The summed E-state index contributed by atoms with van der Waals surface area (Å²) in [5.41, 5.74) is 6.03. The number of H-pyrrole nitrogens is 1. The van der Waals surface area contributed by atoms with E-state index in [0.29, 0.717) is 18.1 Å². The van der Waals surface area contributed by atoms with Crippen LogP contribution in [-0.2, 0) is 13.2 Å². The Labute approximate surface area is 184 Å². The van der Waals surface area contributed by atoms with Crippen LogP contribution in [0.15, 0.2) is 74.8 Å². The van der Waals surface area contributed by atoms with Crippen LogP contribution in [0.25, 0.3) is 11.1 Å². The van der Waals surface area contributed by atoms with E-state index in [1.165, 1.54) is 16.7 Å². The monoisotopic (exact) mass is 432 g/mol. The van der Waals surface area contributed by atoms with Crippen molar-refractivity contribution in [1.29, 1.82) is 0 Å². The van der Waals surface area contributed by atoms with Crippen molar-refractivity contribution >= 4 is 0 Å². The van der Waals surface area contributed by atoms with Crippen LogP contribution in [0, 0.1) is 13.8 Å². The highest BCUT2D eigenvalue weighted by Crippen LogP contribution is 2.31. The molecule has 7 nitrogen and oxygen atoms in total. The van der Waals surface area contributed by atoms with Crippen LogP contribution in [0.4, 0.5) is 0 Å². The Bertz CT molecular complexity index is 1340. The van der Waals surface area contributed by atoms with E-state index in [1.54, 1.807) is 25.3 Å². The van der Waals surface area contributed by atoms with Gasteiger partial charge in [0, 0.05) is 0 Å². The SMILES string of the molecule is COc1cc(Cn2oc(=O)[nH]c2=O)ccc1OCc1cccc(-c2c(C)cccc2C)c1. The lowest BCUT2D eigenvalue weighted by molar-refractivity contribution is 0.257. The van der Waals surface area contributed by atoms with Crippen LogP contribution < -0.4 is 20.9 Å². The van der Waals surface area contributed by atoms with E-state index in [1.807, 2.05) is 12.1 Å². The minimum absolute atomic E-state index is 0.103. The van der Waals surface area contributed by atoms with Crippen molar-refractivity contribution in [2.75, 3.05) is 7.11 Å². The molecule has 1 N–H and O–H groups in total. The summed E-state index contributed by atoms with van der Waals surface area (Å²) < 4.78 is 17.3. The number of nitrogens with zero attached hydrogens (tertiary/aromatic N) is 1. The maximum Gasteiger partial charge on any atom is 0.440 e. The summed E-state index contributed by atoms with van der Waals surface area (Å²) in [6, 6.07) is 19.9. The van der Waals surface area contributed by atoms with Crippen molar-refractivity contribution in [3.8, 4) is 22.6 Å². The molecule has 4 aromatic rings. The fraction of sp³-hybridized carbons (Fsp3) is 0.200. The molecule has 3 aromatic carbocycles. The molecular weight excluding hydrogens is 408 g/mol. The Morgan fingerprint density at radius 3 is 2.34 bits per heavy atom. The van der Waals surface area contributed by atoms with Gasteiger partial charge in [0.05, 0.1) is 13.7 Å². The molecule has 1 heterocycles. The Balaban J connectivity index is 1.52. The number of methoxy groups -OCH3 is 1. The van der Waals surface area contributed by atoms with Gasteiger partial charge in [0.25, 0.3) is 0 Å². The van der Waals surface area contributed by atoms with Gasteiger partial charge in [0.1, 0.15) is 6.61 Å². The minimum Gasteiger partial charge on any atom is -0.493 e. The molecule has 0 saturated heterocycles. The van der Waals surface area contributed by atoms with E-state index in [2.05, 4.69) is 49.2 Å². The average molecular weight is 432 g/mol. The van der Waals surface area contributed by atoms with Crippen molar-refractivity contribution < 1.29 is 14.0 Å². The largest absolute Gasteiger partial charge is 0.493 e. The Hall–Kier alpha value is -4.00. The van der Waals surface area contributed by atoms with Crippen LogP contribution >= 0.6 is 0 Å². The van der Waals surface area contributed by atoms with Gasteiger partial charge in [-0.15, -0.1) is 4.74 Å². The van der Waals surface area contributed by atoms with Crippen LogP contribution in [0.5, 0.6) is 11.5 Å². The minimum atomic E-state index is -0.787. The first-order valence-corrected chi connectivity index (χ1v) is 10.2. The molecule has 0 aliphatic rings. The van der Waals surface area contributed by atoms with Gasteiger partial charge in [-0.1, -0.05) is 42.5 Å². The molecule has 0 aliphatic carbocycles. The fourth-order valence-electron chi connectivity index (χ4n) is 3.76. The quantitative estimate of drug-likeness (QED) is 0.476. The number of ether oxygens (including phenoxy) is 2. The smallest absolute Gasteiger partial charge is 0.440 e. The van der Waals surface area contributed by atoms with Crippen molar-refractivity contribution in [3.05, 3.63) is 104 Å². The van der Waals surface area contributed by atoms with E-state index in [-0.39, 0.29) is 6.54 Å². The highest BCUT2D eigenvalue weighted by molar-refractivity contribution is 5.71. The topological polar surface area (TPSA) is 86.5 Å². The van der Waals surface area contributed by atoms with Crippen LogP contribution in [0.1, 0.15) is 22.3 Å². The molecule has 0 aliphatic heterocycles. The van der Waals surface area contributed by atoms with E-state index >= 15 is 0 Å². The Kier molecular flexibility index (Phi) is 5.98. The molecule has 4 rings (SSSR count). The second kappa shape index (κ2) is 9.01. The highest BCUT2D eigenvalue weighted by atomic mass is 16.5. The summed E-state index contributed by atoms with van der Waals surface area (Å²) in [5.74, 6) is 0.320. The lowest BCUT2D eigenvalue weighted by atomic mass is 9.95. The van der Waals surface area contributed by atoms with Gasteiger partial charge in [-0.25, -0.2) is 14.6 Å². The summed E-state index contributed by atoms with van der Waals surface area (Å²) >= 11 is 0. The second-order valence-corrected chi connectivity index (χ2v) is 7.59. The first kappa shape index (κ1) is 21.2. The predicted octanol–water partition coefficient (Wildman–Crippen LogP) is 4.05. The molecule has 0 unspecified atom stereocenters. The molecular formula is C25H24N2O5. The Morgan fingerprint density at radius 1 is 0.906 bits per heavy atom. The van der Waals surface area contributed by atoms with E-state index in [9.17, 15) is 9.59 Å². The summed E-state index contributed by atoms with van der Waals surface area (Å²) in [6.45, 7) is 4.71. The molecule has 1 aromatic heterocycles. The zero-order valence-electron chi connectivity index (χ0n) is 18.2. The zero-order valence-corrected chi connectivity index (χ0v) is 18.2. The standard InChI is InChI=1S/C25H24N2O5/c1-16-6-4-7-17(2)23(16)20-9-5-8-19(12-20)15-31-21-11-10-18(13-22(21)30-3)14-27-24(28)26-25(29)32-27/h4-13H,14-15H2,1-3H3,(H,26,28,29). The number of nitrogens with one attached hydrogen (secondary N) is 1. The number of hydrogen-bond acceptors (Lipinski definition) is 5. The molecule has 164 valence electrons. The third kappa shape index (κ3) is 4.51. The molecule has 0 amide bonds. The first-order chi connectivity index (χ1) is 15.4. The maximum absolute atomic E-state index is 11.7. The van der Waals surface area contributed by atoms with E-state index < -0.39 is 11.4 Å². The molecule has 0 spiro atoms. The highest BCUT2D eigenvalue weighted by Gasteiger charge is 2.11. The first-order valence-electron chi connectivity index (χ1n) is 10.2. The number of rotatable bonds is 7. The third-order valence-electron chi connectivity index (χ3n) is 5.27. The molecule has 0 fully saturated rings. The fourth-order valence-corrected chi connectivity index (χ4v) is 3.76. The van der Waals surface area contributed by atoms with Crippen molar-refractivity contribution in [2.45, 2.75) is 27.0 Å². The number of hydrogen-bond donors (Lipinski definition) is 1. The predicted molar refractivity (Wildman–Crippen MR) is 121 cm³/mol. The second-order valence-electron chi connectivity index (χ2n) is 7.59. The summed E-state index contributed by atoms with van der Waals surface area (Å²) in [7, 11) is 1.55. The van der Waals surface area contributed by atoms with Crippen LogP contribution in [0.3, 0.4) is 0 Å². The van der Waals surface area contributed by atoms with Gasteiger partial charge in [-0.3, -0.25) is 0 Å². The van der Waals surface area contributed by atoms with Crippen LogP contribution in [0.2, 0.25) is 0 Å². The van der Waals surface area contributed by atoms with Gasteiger partial charge < -0.3 is 14.0 Å². The number of aryl methyl sites for hydroxylation is 2. The van der Waals surface area contributed by atoms with Gasteiger partial charge in [0.2, 0.25) is 0 Å².